The Bertz CT molecular complexity index is 91.7. The van der Waals surface area contributed by atoms with Crippen molar-refractivity contribution in [3.63, 3.8) is 0 Å². The van der Waals surface area contributed by atoms with Crippen LogP contribution in [0.4, 0.5) is 0 Å². The maximum atomic E-state index is 5.02. The summed E-state index contributed by atoms with van der Waals surface area (Å²) >= 11 is 0. The van der Waals surface area contributed by atoms with Crippen LogP contribution in [0.25, 0.3) is 0 Å². The Balaban J connectivity index is 2.42. The van der Waals surface area contributed by atoms with Crippen molar-refractivity contribution in [2.24, 2.45) is 0 Å². The topological polar surface area (TPSA) is 18.5 Å². The van der Waals surface area contributed by atoms with Crippen molar-refractivity contribution < 1.29 is 9.69 Å². The minimum absolute atomic E-state index is 0.233. The van der Waals surface area contributed by atoms with Gasteiger partial charge in [-0.15, -0.1) is 0 Å². The van der Waals surface area contributed by atoms with Gasteiger partial charge in [0.1, 0.15) is 0 Å². The van der Waals surface area contributed by atoms with Crippen molar-refractivity contribution >= 4 is 6.92 Å². The van der Waals surface area contributed by atoms with Crippen LogP contribution in [0.5, 0.6) is 0 Å². The van der Waals surface area contributed by atoms with Crippen LogP contribution in [0.3, 0.4) is 0 Å². The maximum Gasteiger partial charge on any atom is 0.348 e. The van der Waals surface area contributed by atoms with Gasteiger partial charge in [-0.1, -0.05) is 20.8 Å². The van der Waals surface area contributed by atoms with Crippen LogP contribution < -0.4 is 0 Å². The molecule has 1 rings (SSSR count). The van der Waals surface area contributed by atoms with E-state index in [1.165, 1.54) is 0 Å². The second kappa shape index (κ2) is 2.31. The molecule has 0 amide bonds. The highest BCUT2D eigenvalue weighted by atomic mass is 17.2. The summed E-state index contributed by atoms with van der Waals surface area (Å²) in [7, 11) is 0. The molecule has 1 saturated heterocycles. The molecule has 0 atom stereocenters. The highest BCUT2D eigenvalue weighted by Gasteiger charge is 2.35. The van der Waals surface area contributed by atoms with E-state index in [1.807, 2.05) is 0 Å². The molecule has 0 radical (unpaired) electrons. The van der Waals surface area contributed by atoms with Crippen molar-refractivity contribution in [1.29, 1.82) is 0 Å². The first kappa shape index (κ1) is 7.10. The minimum Gasteiger partial charge on any atom is -0.304 e. The summed E-state index contributed by atoms with van der Waals surface area (Å²) in [6, 6.07) is 0. The van der Waals surface area contributed by atoms with E-state index in [1.54, 1.807) is 0 Å². The molecule has 0 aliphatic carbocycles. The van der Waals surface area contributed by atoms with Crippen molar-refractivity contribution in [2.45, 2.75) is 32.4 Å². The first-order valence-electron chi connectivity index (χ1n) is 3.39. The molecular formula is C6H13BO2. The van der Waals surface area contributed by atoms with E-state index in [-0.39, 0.29) is 12.2 Å². The summed E-state index contributed by atoms with van der Waals surface area (Å²) in [5.74, 6) is 0. The molecule has 1 heterocycles. The number of hydrogen-bond acceptors (Lipinski definition) is 2. The molecule has 1 fully saturated rings. The lowest BCUT2D eigenvalue weighted by Crippen LogP contribution is -2.23. The van der Waals surface area contributed by atoms with Gasteiger partial charge in [-0.25, -0.2) is 0 Å². The normalized spacial score (nSPS) is 21.0. The summed E-state index contributed by atoms with van der Waals surface area (Å²) < 4.78 is 0. The second-order valence-corrected chi connectivity index (χ2v) is 3.56. The highest BCUT2D eigenvalue weighted by Crippen LogP contribution is 2.32. The van der Waals surface area contributed by atoms with Crippen LogP contribution in [-0.2, 0) is 9.69 Å². The van der Waals surface area contributed by atoms with E-state index in [9.17, 15) is 0 Å². The zero-order valence-corrected chi connectivity index (χ0v) is 6.31. The predicted octanol–water partition coefficient (Wildman–Crippen LogP) is 1.74. The van der Waals surface area contributed by atoms with Gasteiger partial charge in [0.25, 0.3) is 0 Å². The van der Waals surface area contributed by atoms with E-state index >= 15 is 0 Å². The van der Waals surface area contributed by atoms with Crippen molar-refractivity contribution in [3.8, 4) is 0 Å². The number of hydrogen-bond donors (Lipinski definition) is 0. The average Bonchev–Trinajstić information content (AvgIpc) is 2.08. The third kappa shape index (κ3) is 1.70. The second-order valence-electron chi connectivity index (χ2n) is 3.56. The van der Waals surface area contributed by atoms with E-state index in [2.05, 4.69) is 20.8 Å². The zero-order valence-electron chi connectivity index (χ0n) is 6.31. The standard InChI is InChI=1S/C6H13BO2/c1-6(2,3)7-4-5-8-9-7/h4-5H2,1-3H3. The zero-order chi connectivity index (χ0) is 6.91. The van der Waals surface area contributed by atoms with Gasteiger partial charge in [0.15, 0.2) is 0 Å². The Labute approximate surface area is 56.6 Å². The fourth-order valence-electron chi connectivity index (χ4n) is 0.911. The maximum absolute atomic E-state index is 5.02. The van der Waals surface area contributed by atoms with Crippen LogP contribution in [0, 0.1) is 0 Å². The first-order valence-corrected chi connectivity index (χ1v) is 3.39. The third-order valence-corrected chi connectivity index (χ3v) is 1.61. The number of rotatable bonds is 0. The summed E-state index contributed by atoms with van der Waals surface area (Å²) in [6.07, 6.45) is 1.03. The predicted molar refractivity (Wildman–Crippen MR) is 37.3 cm³/mol. The summed E-state index contributed by atoms with van der Waals surface area (Å²) in [5.41, 5.74) is 0. The van der Waals surface area contributed by atoms with Gasteiger partial charge in [0, 0.05) is 0 Å². The molecule has 52 valence electrons. The van der Waals surface area contributed by atoms with E-state index in [0.29, 0.717) is 0 Å². The molecule has 0 aromatic carbocycles. The summed E-state index contributed by atoms with van der Waals surface area (Å²) in [5, 5.41) is 0.233. The Morgan fingerprint density at radius 1 is 1.33 bits per heavy atom. The van der Waals surface area contributed by atoms with Crippen LogP contribution in [-0.4, -0.2) is 13.5 Å². The van der Waals surface area contributed by atoms with Crippen LogP contribution >= 0.6 is 0 Å². The molecule has 0 spiro atoms. The average molecular weight is 128 g/mol. The van der Waals surface area contributed by atoms with Crippen molar-refractivity contribution in [1.82, 2.24) is 0 Å². The van der Waals surface area contributed by atoms with Gasteiger partial charge in [-0.2, -0.15) is 0 Å². The molecule has 9 heavy (non-hydrogen) atoms. The van der Waals surface area contributed by atoms with Gasteiger partial charge >= 0.3 is 6.92 Å². The molecule has 3 heteroatoms. The van der Waals surface area contributed by atoms with Crippen LogP contribution in [0.2, 0.25) is 11.6 Å². The molecule has 0 bridgehead atoms. The third-order valence-electron chi connectivity index (χ3n) is 1.61. The summed E-state index contributed by atoms with van der Waals surface area (Å²) in [6.45, 7) is 7.52. The molecule has 0 saturated carbocycles. The highest BCUT2D eigenvalue weighted by molar-refractivity contribution is 6.55. The van der Waals surface area contributed by atoms with Gasteiger partial charge in [-0.05, 0) is 11.6 Å². The molecule has 0 aromatic rings. The Hall–Kier alpha value is -0.0151. The lowest BCUT2D eigenvalue weighted by molar-refractivity contribution is -0.187. The largest absolute Gasteiger partial charge is 0.348 e. The summed E-state index contributed by atoms with van der Waals surface area (Å²) in [4.78, 5) is 9.80. The molecule has 0 unspecified atom stereocenters. The molecule has 2 nitrogen and oxygen atoms in total. The Morgan fingerprint density at radius 3 is 2.22 bits per heavy atom. The smallest absolute Gasteiger partial charge is 0.304 e. The lowest BCUT2D eigenvalue weighted by Gasteiger charge is -2.19. The minimum atomic E-state index is 0.233. The van der Waals surface area contributed by atoms with Crippen LogP contribution in [0.15, 0.2) is 0 Å². The van der Waals surface area contributed by atoms with E-state index < -0.39 is 0 Å². The first-order chi connectivity index (χ1) is 4.11. The molecule has 0 N–H and O–H groups in total. The van der Waals surface area contributed by atoms with Crippen LogP contribution in [0.1, 0.15) is 20.8 Å². The van der Waals surface area contributed by atoms with E-state index in [0.717, 1.165) is 12.9 Å². The van der Waals surface area contributed by atoms with Gasteiger partial charge in [-0.3, -0.25) is 4.89 Å². The quantitative estimate of drug-likeness (QED) is 0.365. The fourth-order valence-corrected chi connectivity index (χ4v) is 0.911. The van der Waals surface area contributed by atoms with Gasteiger partial charge in [0.05, 0.1) is 6.61 Å². The van der Waals surface area contributed by atoms with E-state index in [4.69, 9.17) is 9.69 Å². The lowest BCUT2D eigenvalue weighted by atomic mass is 9.47. The Kier molecular flexibility index (Phi) is 1.82. The monoisotopic (exact) mass is 128 g/mol. The van der Waals surface area contributed by atoms with Crippen molar-refractivity contribution in [3.05, 3.63) is 0 Å². The molecule has 1 aliphatic heterocycles. The van der Waals surface area contributed by atoms with Gasteiger partial charge in [0.2, 0.25) is 0 Å². The van der Waals surface area contributed by atoms with Gasteiger partial charge < -0.3 is 4.81 Å². The SMILES string of the molecule is CC(C)(C)B1CCOO1. The molecule has 1 aliphatic rings. The Morgan fingerprint density at radius 2 is 2.00 bits per heavy atom. The molecular weight excluding hydrogens is 115 g/mol. The molecule has 0 aromatic heterocycles. The fraction of sp³-hybridized carbons (Fsp3) is 1.00. The van der Waals surface area contributed by atoms with Crippen molar-refractivity contribution in [2.75, 3.05) is 6.61 Å².